The summed E-state index contributed by atoms with van der Waals surface area (Å²) in [5.74, 6) is -0.0989. The summed E-state index contributed by atoms with van der Waals surface area (Å²) < 4.78 is 47.8. The second-order valence-electron chi connectivity index (χ2n) is 5.37. The highest BCUT2D eigenvalue weighted by Gasteiger charge is 2.30. The minimum atomic E-state index is -4.44. The molecule has 0 unspecified atom stereocenters. The summed E-state index contributed by atoms with van der Waals surface area (Å²) in [5.41, 5.74) is -0.330. The summed E-state index contributed by atoms with van der Waals surface area (Å²) in [4.78, 5) is 23.9. The molecule has 2 aromatic carbocycles. The molecule has 2 amide bonds. The summed E-state index contributed by atoms with van der Waals surface area (Å²) >= 11 is 0. The summed E-state index contributed by atoms with van der Waals surface area (Å²) in [7, 11) is 0. The second kappa shape index (κ2) is 6.95. The first-order chi connectivity index (χ1) is 12.3. The van der Waals surface area contributed by atoms with E-state index in [0.29, 0.717) is 11.5 Å². The Balaban J connectivity index is 1.53. The van der Waals surface area contributed by atoms with Gasteiger partial charge in [-0.1, -0.05) is 0 Å². The molecular formula is C17H13F3N2O4. The summed E-state index contributed by atoms with van der Waals surface area (Å²) in [6.45, 7) is -0.260. The third kappa shape index (κ3) is 4.05. The number of rotatable bonds is 4. The van der Waals surface area contributed by atoms with Gasteiger partial charge in [0, 0.05) is 11.3 Å². The van der Waals surface area contributed by atoms with Crippen LogP contribution in [0.2, 0.25) is 0 Å². The van der Waals surface area contributed by atoms with Crippen LogP contribution in [0.1, 0.15) is 15.9 Å². The first kappa shape index (κ1) is 17.6. The molecule has 0 atom stereocenters. The zero-order valence-corrected chi connectivity index (χ0v) is 13.2. The van der Waals surface area contributed by atoms with Crippen LogP contribution in [0.25, 0.3) is 0 Å². The van der Waals surface area contributed by atoms with Crippen molar-refractivity contribution in [2.45, 2.75) is 6.18 Å². The van der Waals surface area contributed by atoms with Gasteiger partial charge in [-0.15, -0.1) is 0 Å². The van der Waals surface area contributed by atoms with Gasteiger partial charge in [0.2, 0.25) is 12.7 Å². The predicted molar refractivity (Wildman–Crippen MR) is 85.0 cm³/mol. The maximum absolute atomic E-state index is 12.5. The number of anilines is 1. The zero-order valence-electron chi connectivity index (χ0n) is 13.2. The molecule has 0 saturated heterocycles. The molecule has 26 heavy (non-hydrogen) atoms. The average molecular weight is 366 g/mol. The number of ether oxygens (including phenoxy) is 2. The summed E-state index contributed by atoms with van der Waals surface area (Å²) in [6.07, 6.45) is -4.44. The predicted octanol–water partition coefficient (Wildman–Crippen LogP) is 2.80. The maximum Gasteiger partial charge on any atom is 0.416 e. The van der Waals surface area contributed by atoms with E-state index in [-0.39, 0.29) is 24.6 Å². The Bertz CT molecular complexity index is 835. The molecule has 2 N–H and O–H groups in total. The number of amides is 2. The number of benzene rings is 2. The molecule has 0 spiro atoms. The topological polar surface area (TPSA) is 76.7 Å². The molecule has 0 aliphatic carbocycles. The monoisotopic (exact) mass is 366 g/mol. The van der Waals surface area contributed by atoms with Gasteiger partial charge in [-0.3, -0.25) is 9.59 Å². The molecule has 1 heterocycles. The van der Waals surface area contributed by atoms with Crippen LogP contribution in [-0.4, -0.2) is 25.2 Å². The Morgan fingerprint density at radius 1 is 1.00 bits per heavy atom. The first-order valence-corrected chi connectivity index (χ1v) is 7.48. The van der Waals surface area contributed by atoms with Gasteiger partial charge in [0.15, 0.2) is 11.5 Å². The fourth-order valence-corrected chi connectivity index (χ4v) is 2.25. The van der Waals surface area contributed by atoms with Crippen molar-refractivity contribution in [1.29, 1.82) is 0 Å². The zero-order chi connectivity index (χ0) is 18.7. The van der Waals surface area contributed by atoms with Gasteiger partial charge in [0.1, 0.15) is 0 Å². The molecule has 1 aliphatic rings. The Labute approximate surface area is 145 Å². The van der Waals surface area contributed by atoms with E-state index in [0.717, 1.165) is 24.3 Å². The minimum Gasteiger partial charge on any atom is -0.454 e. The molecule has 0 fully saturated rings. The van der Waals surface area contributed by atoms with E-state index in [2.05, 4.69) is 10.6 Å². The third-order valence-electron chi connectivity index (χ3n) is 3.54. The van der Waals surface area contributed by atoms with Crippen molar-refractivity contribution in [2.24, 2.45) is 0 Å². The SMILES string of the molecule is O=C(CNC(=O)c1ccc2c(c1)OCO2)Nc1ccc(C(F)(F)F)cc1. The van der Waals surface area contributed by atoms with Gasteiger partial charge in [0.25, 0.3) is 5.91 Å². The Kier molecular flexibility index (Phi) is 4.70. The van der Waals surface area contributed by atoms with Crippen molar-refractivity contribution >= 4 is 17.5 Å². The van der Waals surface area contributed by atoms with E-state index in [1.165, 1.54) is 12.1 Å². The summed E-state index contributed by atoms with van der Waals surface area (Å²) in [6, 6.07) is 8.60. The molecule has 2 aromatic rings. The average Bonchev–Trinajstić information content (AvgIpc) is 3.07. The molecule has 3 rings (SSSR count). The highest BCUT2D eigenvalue weighted by Crippen LogP contribution is 2.32. The van der Waals surface area contributed by atoms with E-state index >= 15 is 0 Å². The molecule has 136 valence electrons. The van der Waals surface area contributed by atoms with Crippen LogP contribution < -0.4 is 20.1 Å². The lowest BCUT2D eigenvalue weighted by Crippen LogP contribution is -2.32. The van der Waals surface area contributed by atoms with Crippen LogP contribution in [0, 0.1) is 0 Å². The highest BCUT2D eigenvalue weighted by molar-refractivity contribution is 5.99. The van der Waals surface area contributed by atoms with Crippen molar-refractivity contribution in [3.05, 3.63) is 53.6 Å². The third-order valence-corrected chi connectivity index (χ3v) is 3.54. The Morgan fingerprint density at radius 3 is 2.38 bits per heavy atom. The van der Waals surface area contributed by atoms with E-state index in [1.807, 2.05) is 0 Å². The van der Waals surface area contributed by atoms with Crippen LogP contribution in [0.3, 0.4) is 0 Å². The lowest BCUT2D eigenvalue weighted by Gasteiger charge is -2.09. The second-order valence-corrected chi connectivity index (χ2v) is 5.37. The quantitative estimate of drug-likeness (QED) is 0.873. The standard InChI is InChI=1S/C17H13F3N2O4/c18-17(19,20)11-2-4-12(5-3-11)22-15(23)8-21-16(24)10-1-6-13-14(7-10)26-9-25-13/h1-7H,8-9H2,(H,21,24)(H,22,23). The van der Waals surface area contributed by atoms with Crippen molar-refractivity contribution in [2.75, 3.05) is 18.7 Å². The van der Waals surface area contributed by atoms with Crippen molar-refractivity contribution in [3.8, 4) is 11.5 Å². The Morgan fingerprint density at radius 2 is 1.69 bits per heavy atom. The van der Waals surface area contributed by atoms with Gasteiger partial charge in [-0.05, 0) is 42.5 Å². The number of nitrogens with one attached hydrogen (secondary N) is 2. The largest absolute Gasteiger partial charge is 0.454 e. The number of carbonyl (C=O) groups is 2. The number of hydrogen-bond acceptors (Lipinski definition) is 4. The molecule has 0 radical (unpaired) electrons. The smallest absolute Gasteiger partial charge is 0.416 e. The Hall–Kier alpha value is -3.23. The van der Waals surface area contributed by atoms with Gasteiger partial charge < -0.3 is 20.1 Å². The van der Waals surface area contributed by atoms with Crippen LogP contribution >= 0.6 is 0 Å². The molecule has 1 aliphatic heterocycles. The maximum atomic E-state index is 12.5. The number of hydrogen-bond donors (Lipinski definition) is 2. The fraction of sp³-hybridized carbons (Fsp3) is 0.176. The highest BCUT2D eigenvalue weighted by atomic mass is 19.4. The number of carbonyl (C=O) groups excluding carboxylic acids is 2. The number of halogens is 3. The van der Waals surface area contributed by atoms with Crippen molar-refractivity contribution in [1.82, 2.24) is 5.32 Å². The molecular weight excluding hydrogens is 353 g/mol. The van der Waals surface area contributed by atoms with E-state index in [1.54, 1.807) is 6.07 Å². The summed E-state index contributed by atoms with van der Waals surface area (Å²) in [5, 5.41) is 4.82. The lowest BCUT2D eigenvalue weighted by molar-refractivity contribution is -0.137. The molecule has 9 heteroatoms. The molecule has 6 nitrogen and oxygen atoms in total. The van der Waals surface area contributed by atoms with E-state index in [9.17, 15) is 22.8 Å². The van der Waals surface area contributed by atoms with Crippen LogP contribution in [-0.2, 0) is 11.0 Å². The number of fused-ring (bicyclic) bond motifs is 1. The lowest BCUT2D eigenvalue weighted by atomic mass is 10.2. The first-order valence-electron chi connectivity index (χ1n) is 7.48. The molecule has 0 aromatic heterocycles. The normalized spacial score (nSPS) is 12.6. The van der Waals surface area contributed by atoms with Crippen LogP contribution in [0.5, 0.6) is 11.5 Å². The van der Waals surface area contributed by atoms with Gasteiger partial charge in [-0.2, -0.15) is 13.2 Å². The van der Waals surface area contributed by atoms with Crippen LogP contribution in [0.15, 0.2) is 42.5 Å². The van der Waals surface area contributed by atoms with Gasteiger partial charge in [0.05, 0.1) is 12.1 Å². The molecule has 0 bridgehead atoms. The fourth-order valence-electron chi connectivity index (χ4n) is 2.25. The van der Waals surface area contributed by atoms with Crippen molar-refractivity contribution < 1.29 is 32.2 Å². The minimum absolute atomic E-state index is 0.0793. The molecule has 0 saturated carbocycles. The van der Waals surface area contributed by atoms with Gasteiger partial charge in [-0.25, -0.2) is 0 Å². The van der Waals surface area contributed by atoms with E-state index < -0.39 is 23.6 Å². The van der Waals surface area contributed by atoms with Gasteiger partial charge >= 0.3 is 6.18 Å². The number of alkyl halides is 3. The van der Waals surface area contributed by atoms with Crippen LogP contribution in [0.4, 0.5) is 18.9 Å². The van der Waals surface area contributed by atoms with Crippen molar-refractivity contribution in [3.63, 3.8) is 0 Å². The van der Waals surface area contributed by atoms with E-state index in [4.69, 9.17) is 9.47 Å².